The number of hydrogen-bond acceptors (Lipinski definition) is 4. The van der Waals surface area contributed by atoms with E-state index in [1.54, 1.807) is 18.4 Å². The van der Waals surface area contributed by atoms with E-state index in [0.717, 1.165) is 36.7 Å². The SMILES string of the molecule is CCCC(COC)NCc1nc(-c2ccccc2)cs1. The first-order valence-electron chi connectivity index (χ1n) is 7.05. The molecule has 0 aliphatic rings. The molecule has 4 heteroatoms. The lowest BCUT2D eigenvalue weighted by Crippen LogP contribution is -2.32. The number of benzene rings is 1. The van der Waals surface area contributed by atoms with Crippen LogP contribution >= 0.6 is 11.3 Å². The van der Waals surface area contributed by atoms with E-state index in [0.29, 0.717) is 6.04 Å². The van der Waals surface area contributed by atoms with E-state index in [9.17, 15) is 0 Å². The first-order valence-corrected chi connectivity index (χ1v) is 7.93. The Balaban J connectivity index is 1.92. The van der Waals surface area contributed by atoms with Gasteiger partial charge in [-0.1, -0.05) is 43.7 Å². The second-order valence-electron chi connectivity index (χ2n) is 4.81. The molecule has 0 spiro atoms. The van der Waals surface area contributed by atoms with Crippen LogP contribution in [-0.4, -0.2) is 24.7 Å². The van der Waals surface area contributed by atoms with Gasteiger partial charge in [-0.2, -0.15) is 0 Å². The number of methoxy groups -OCH3 is 1. The summed E-state index contributed by atoms with van der Waals surface area (Å²) in [5.41, 5.74) is 2.24. The van der Waals surface area contributed by atoms with E-state index >= 15 is 0 Å². The summed E-state index contributed by atoms with van der Waals surface area (Å²) in [5, 5.41) is 6.77. The fourth-order valence-corrected chi connectivity index (χ4v) is 2.91. The number of nitrogens with zero attached hydrogens (tertiary/aromatic N) is 1. The fourth-order valence-electron chi connectivity index (χ4n) is 2.16. The Morgan fingerprint density at radius 2 is 2.10 bits per heavy atom. The Kier molecular flexibility index (Phi) is 6.18. The molecule has 0 amide bonds. The summed E-state index contributed by atoms with van der Waals surface area (Å²) in [6, 6.07) is 10.7. The molecule has 108 valence electrons. The second kappa shape index (κ2) is 8.15. The van der Waals surface area contributed by atoms with Gasteiger partial charge in [-0.05, 0) is 6.42 Å². The molecule has 0 saturated heterocycles. The van der Waals surface area contributed by atoms with E-state index in [1.807, 2.05) is 18.2 Å². The number of thiazole rings is 1. The van der Waals surface area contributed by atoms with E-state index in [2.05, 4.69) is 34.7 Å². The van der Waals surface area contributed by atoms with Gasteiger partial charge < -0.3 is 10.1 Å². The van der Waals surface area contributed by atoms with Gasteiger partial charge in [0.25, 0.3) is 0 Å². The van der Waals surface area contributed by atoms with Crippen LogP contribution in [0, 0.1) is 0 Å². The molecular formula is C16H22N2OS. The quantitative estimate of drug-likeness (QED) is 0.804. The monoisotopic (exact) mass is 290 g/mol. The lowest BCUT2D eigenvalue weighted by Gasteiger charge is -2.16. The third kappa shape index (κ3) is 4.40. The maximum Gasteiger partial charge on any atom is 0.107 e. The van der Waals surface area contributed by atoms with Gasteiger partial charge in [-0.15, -0.1) is 11.3 Å². The van der Waals surface area contributed by atoms with Crippen molar-refractivity contribution >= 4 is 11.3 Å². The third-order valence-electron chi connectivity index (χ3n) is 3.17. The average Bonchev–Trinajstić information content (AvgIpc) is 2.95. The summed E-state index contributed by atoms with van der Waals surface area (Å²) in [5.74, 6) is 0. The predicted octanol–water partition coefficient (Wildman–Crippen LogP) is 3.71. The third-order valence-corrected chi connectivity index (χ3v) is 4.02. The molecular weight excluding hydrogens is 268 g/mol. The van der Waals surface area contributed by atoms with Gasteiger partial charge in [-0.3, -0.25) is 0 Å². The zero-order valence-electron chi connectivity index (χ0n) is 12.1. The van der Waals surface area contributed by atoms with Gasteiger partial charge in [0.1, 0.15) is 5.01 Å². The second-order valence-corrected chi connectivity index (χ2v) is 5.76. The van der Waals surface area contributed by atoms with Crippen LogP contribution in [-0.2, 0) is 11.3 Å². The van der Waals surface area contributed by atoms with Crippen molar-refractivity contribution in [2.75, 3.05) is 13.7 Å². The Morgan fingerprint density at radius 3 is 2.80 bits per heavy atom. The molecule has 1 N–H and O–H groups in total. The van der Waals surface area contributed by atoms with Crippen molar-refractivity contribution in [1.82, 2.24) is 10.3 Å². The number of rotatable bonds is 8. The van der Waals surface area contributed by atoms with Crippen molar-refractivity contribution in [3.8, 4) is 11.3 Å². The number of ether oxygens (including phenoxy) is 1. The van der Waals surface area contributed by atoms with Crippen molar-refractivity contribution in [3.05, 3.63) is 40.7 Å². The summed E-state index contributed by atoms with van der Waals surface area (Å²) < 4.78 is 5.24. The highest BCUT2D eigenvalue weighted by atomic mass is 32.1. The van der Waals surface area contributed by atoms with Crippen LogP contribution in [0.25, 0.3) is 11.3 Å². The number of aromatic nitrogens is 1. The normalized spacial score (nSPS) is 12.5. The smallest absolute Gasteiger partial charge is 0.107 e. The average molecular weight is 290 g/mol. The van der Waals surface area contributed by atoms with Crippen molar-refractivity contribution in [3.63, 3.8) is 0 Å². The number of nitrogens with one attached hydrogen (secondary N) is 1. The van der Waals surface area contributed by atoms with E-state index in [1.165, 1.54) is 5.56 Å². The first-order chi connectivity index (χ1) is 9.83. The molecule has 0 radical (unpaired) electrons. The molecule has 1 heterocycles. The Hall–Kier alpha value is -1.23. The van der Waals surface area contributed by atoms with Gasteiger partial charge in [-0.25, -0.2) is 4.98 Å². The van der Waals surface area contributed by atoms with Crippen LogP contribution in [0.3, 0.4) is 0 Å². The highest BCUT2D eigenvalue weighted by molar-refractivity contribution is 7.09. The van der Waals surface area contributed by atoms with E-state index < -0.39 is 0 Å². The van der Waals surface area contributed by atoms with Gasteiger partial charge in [0.05, 0.1) is 12.3 Å². The van der Waals surface area contributed by atoms with Crippen LogP contribution in [0.4, 0.5) is 0 Å². The van der Waals surface area contributed by atoms with Crippen molar-refractivity contribution < 1.29 is 4.74 Å². The molecule has 0 bridgehead atoms. The molecule has 0 fully saturated rings. The summed E-state index contributed by atoms with van der Waals surface area (Å²) in [4.78, 5) is 4.69. The Labute approximate surface area is 125 Å². The topological polar surface area (TPSA) is 34.1 Å². The highest BCUT2D eigenvalue weighted by Gasteiger charge is 2.09. The van der Waals surface area contributed by atoms with Crippen molar-refractivity contribution in [2.45, 2.75) is 32.4 Å². The largest absolute Gasteiger partial charge is 0.383 e. The molecule has 2 aromatic rings. The molecule has 0 aliphatic heterocycles. The molecule has 3 nitrogen and oxygen atoms in total. The lowest BCUT2D eigenvalue weighted by atomic mass is 10.2. The summed E-state index contributed by atoms with van der Waals surface area (Å²) in [7, 11) is 1.75. The van der Waals surface area contributed by atoms with Crippen LogP contribution < -0.4 is 5.32 Å². The van der Waals surface area contributed by atoms with Crippen LogP contribution in [0.15, 0.2) is 35.7 Å². The summed E-state index contributed by atoms with van der Waals surface area (Å²) >= 11 is 1.71. The zero-order chi connectivity index (χ0) is 14.2. The minimum Gasteiger partial charge on any atom is -0.383 e. The zero-order valence-corrected chi connectivity index (χ0v) is 13.0. The lowest BCUT2D eigenvalue weighted by molar-refractivity contribution is 0.161. The molecule has 1 aromatic heterocycles. The van der Waals surface area contributed by atoms with Gasteiger partial charge in [0.15, 0.2) is 0 Å². The molecule has 0 saturated carbocycles. The van der Waals surface area contributed by atoms with Gasteiger partial charge in [0, 0.05) is 30.6 Å². The van der Waals surface area contributed by atoms with Crippen LogP contribution in [0.2, 0.25) is 0 Å². The van der Waals surface area contributed by atoms with Gasteiger partial charge >= 0.3 is 0 Å². The van der Waals surface area contributed by atoms with E-state index in [4.69, 9.17) is 4.74 Å². The van der Waals surface area contributed by atoms with Crippen LogP contribution in [0.5, 0.6) is 0 Å². The first kappa shape index (κ1) is 15.2. The molecule has 1 aromatic carbocycles. The predicted molar refractivity (Wildman–Crippen MR) is 85.0 cm³/mol. The maximum atomic E-state index is 5.24. The van der Waals surface area contributed by atoms with Crippen molar-refractivity contribution in [1.29, 1.82) is 0 Å². The maximum absolute atomic E-state index is 5.24. The molecule has 0 aliphatic carbocycles. The summed E-state index contributed by atoms with van der Waals surface area (Å²) in [6.07, 6.45) is 2.29. The molecule has 2 rings (SSSR count). The molecule has 20 heavy (non-hydrogen) atoms. The van der Waals surface area contributed by atoms with Crippen molar-refractivity contribution in [2.24, 2.45) is 0 Å². The Morgan fingerprint density at radius 1 is 1.30 bits per heavy atom. The summed E-state index contributed by atoms with van der Waals surface area (Å²) in [6.45, 7) is 3.76. The number of hydrogen-bond donors (Lipinski definition) is 1. The van der Waals surface area contributed by atoms with Crippen LogP contribution in [0.1, 0.15) is 24.8 Å². The van der Waals surface area contributed by atoms with E-state index in [-0.39, 0.29) is 0 Å². The highest BCUT2D eigenvalue weighted by Crippen LogP contribution is 2.21. The minimum absolute atomic E-state index is 0.411. The molecule has 1 unspecified atom stereocenters. The fraction of sp³-hybridized carbons (Fsp3) is 0.438. The standard InChI is InChI=1S/C16H22N2OS/c1-3-7-14(11-19-2)17-10-16-18-15(12-20-16)13-8-5-4-6-9-13/h4-6,8-9,12,14,17H,3,7,10-11H2,1-2H3. The molecule has 1 atom stereocenters. The Bertz CT molecular complexity index is 492. The van der Waals surface area contributed by atoms with Gasteiger partial charge in [0.2, 0.25) is 0 Å². The minimum atomic E-state index is 0.411.